The molecule has 0 saturated heterocycles. The van der Waals surface area contributed by atoms with E-state index in [4.69, 9.17) is 4.74 Å². The molecule has 2 aromatic heterocycles. The summed E-state index contributed by atoms with van der Waals surface area (Å²) in [6, 6.07) is 19.2. The van der Waals surface area contributed by atoms with Crippen molar-refractivity contribution in [3.05, 3.63) is 90.0 Å². The SMILES string of the molecule is Cc1ccc(Cn2cnc(NC(=O)c3ccn(COc4ccccc4)n3)n2)cc1. The lowest BCUT2D eigenvalue weighted by atomic mass is 10.1. The summed E-state index contributed by atoms with van der Waals surface area (Å²) in [7, 11) is 0. The molecule has 0 aliphatic rings. The second-order valence-corrected chi connectivity index (χ2v) is 6.53. The maximum atomic E-state index is 12.4. The zero-order valence-corrected chi connectivity index (χ0v) is 15.9. The van der Waals surface area contributed by atoms with Gasteiger partial charge in [0, 0.05) is 6.20 Å². The number of ether oxygens (including phenoxy) is 1. The van der Waals surface area contributed by atoms with Gasteiger partial charge in [-0.25, -0.2) is 14.3 Å². The lowest BCUT2D eigenvalue weighted by molar-refractivity contribution is 0.101. The van der Waals surface area contributed by atoms with Gasteiger partial charge in [-0.3, -0.25) is 10.1 Å². The summed E-state index contributed by atoms with van der Waals surface area (Å²) in [5.41, 5.74) is 2.57. The van der Waals surface area contributed by atoms with E-state index in [9.17, 15) is 4.79 Å². The number of amides is 1. The van der Waals surface area contributed by atoms with E-state index in [0.29, 0.717) is 6.54 Å². The number of benzene rings is 2. The Bertz CT molecular complexity index is 1090. The molecule has 0 radical (unpaired) electrons. The number of carbonyl (C=O) groups is 1. The summed E-state index contributed by atoms with van der Waals surface area (Å²) in [6.45, 7) is 2.83. The Hall–Kier alpha value is -3.94. The molecule has 1 N–H and O–H groups in total. The molecule has 0 spiro atoms. The Morgan fingerprint density at radius 1 is 1.00 bits per heavy atom. The van der Waals surface area contributed by atoms with Crippen molar-refractivity contribution in [1.29, 1.82) is 0 Å². The first-order valence-corrected chi connectivity index (χ1v) is 9.13. The smallest absolute Gasteiger partial charge is 0.278 e. The second-order valence-electron chi connectivity index (χ2n) is 6.53. The van der Waals surface area contributed by atoms with Crippen molar-refractivity contribution in [2.75, 3.05) is 5.32 Å². The van der Waals surface area contributed by atoms with Gasteiger partial charge in [0.05, 0.1) is 6.54 Å². The van der Waals surface area contributed by atoms with Gasteiger partial charge in [0.2, 0.25) is 5.95 Å². The summed E-state index contributed by atoms with van der Waals surface area (Å²) in [5, 5.41) is 11.2. The van der Waals surface area contributed by atoms with Gasteiger partial charge in [-0.1, -0.05) is 48.0 Å². The van der Waals surface area contributed by atoms with E-state index in [1.807, 2.05) is 61.5 Å². The fraction of sp³-hybridized carbons (Fsp3) is 0.143. The van der Waals surface area contributed by atoms with E-state index in [0.717, 1.165) is 11.3 Å². The van der Waals surface area contributed by atoms with Gasteiger partial charge in [0.15, 0.2) is 12.4 Å². The average Bonchev–Trinajstić information content (AvgIpc) is 3.39. The van der Waals surface area contributed by atoms with Crippen molar-refractivity contribution in [3.63, 3.8) is 0 Å². The normalized spacial score (nSPS) is 10.7. The standard InChI is InChI=1S/C21H20N6O2/c1-16-7-9-17(10-8-16)13-27-14-22-21(25-27)23-20(28)19-11-12-26(24-19)15-29-18-5-3-2-4-6-18/h2-12,14H,13,15H2,1H3,(H,23,25,28). The number of carbonyl (C=O) groups excluding carboxylic acids is 1. The Balaban J connectivity index is 1.33. The minimum Gasteiger partial charge on any atom is -0.471 e. The van der Waals surface area contributed by atoms with E-state index < -0.39 is 0 Å². The molecule has 29 heavy (non-hydrogen) atoms. The van der Waals surface area contributed by atoms with Crippen LogP contribution in [0.2, 0.25) is 0 Å². The van der Waals surface area contributed by atoms with E-state index in [2.05, 4.69) is 20.5 Å². The van der Waals surface area contributed by atoms with Crippen molar-refractivity contribution in [2.45, 2.75) is 20.2 Å². The van der Waals surface area contributed by atoms with Crippen LogP contribution >= 0.6 is 0 Å². The number of para-hydroxylation sites is 1. The lowest BCUT2D eigenvalue weighted by Gasteiger charge is -2.05. The van der Waals surface area contributed by atoms with Crippen molar-refractivity contribution < 1.29 is 9.53 Å². The topological polar surface area (TPSA) is 86.9 Å². The number of nitrogens with zero attached hydrogens (tertiary/aromatic N) is 5. The molecule has 0 atom stereocenters. The van der Waals surface area contributed by atoms with Crippen LogP contribution in [0.3, 0.4) is 0 Å². The number of nitrogens with one attached hydrogen (secondary N) is 1. The molecule has 2 aromatic carbocycles. The third-order valence-corrected chi connectivity index (χ3v) is 4.21. The van der Waals surface area contributed by atoms with Crippen LogP contribution in [-0.2, 0) is 13.3 Å². The zero-order chi connectivity index (χ0) is 20.1. The monoisotopic (exact) mass is 388 g/mol. The Labute approximate surface area is 167 Å². The van der Waals surface area contributed by atoms with Crippen LogP contribution in [0.25, 0.3) is 0 Å². The Morgan fingerprint density at radius 3 is 2.59 bits per heavy atom. The first-order valence-electron chi connectivity index (χ1n) is 9.13. The largest absolute Gasteiger partial charge is 0.471 e. The molecule has 0 aliphatic carbocycles. The van der Waals surface area contributed by atoms with E-state index >= 15 is 0 Å². The summed E-state index contributed by atoms with van der Waals surface area (Å²) >= 11 is 0. The number of anilines is 1. The predicted molar refractivity (Wildman–Crippen MR) is 108 cm³/mol. The molecule has 0 saturated carbocycles. The minimum absolute atomic E-state index is 0.209. The number of aryl methyl sites for hydroxylation is 1. The Kier molecular flexibility index (Phi) is 5.33. The van der Waals surface area contributed by atoms with Crippen LogP contribution in [0.15, 0.2) is 73.2 Å². The van der Waals surface area contributed by atoms with Crippen LogP contribution < -0.4 is 10.1 Å². The van der Waals surface area contributed by atoms with Gasteiger partial charge in [0.1, 0.15) is 12.1 Å². The molecule has 0 unspecified atom stereocenters. The number of hydrogen-bond donors (Lipinski definition) is 1. The van der Waals surface area contributed by atoms with Crippen LogP contribution in [0.4, 0.5) is 5.95 Å². The highest BCUT2D eigenvalue weighted by Gasteiger charge is 2.12. The average molecular weight is 388 g/mol. The molecule has 8 heteroatoms. The van der Waals surface area contributed by atoms with Gasteiger partial charge in [-0.2, -0.15) is 5.10 Å². The quantitative estimate of drug-likeness (QED) is 0.526. The number of hydrogen-bond acceptors (Lipinski definition) is 5. The molecule has 0 fully saturated rings. The fourth-order valence-electron chi connectivity index (χ4n) is 2.69. The van der Waals surface area contributed by atoms with Crippen molar-refractivity contribution in [2.24, 2.45) is 0 Å². The van der Waals surface area contributed by atoms with Gasteiger partial charge < -0.3 is 4.74 Å². The van der Waals surface area contributed by atoms with Gasteiger partial charge in [0.25, 0.3) is 5.91 Å². The third kappa shape index (κ3) is 4.86. The van der Waals surface area contributed by atoms with Gasteiger partial charge in [-0.05, 0) is 30.7 Å². The van der Waals surface area contributed by atoms with E-state index in [1.54, 1.807) is 28.0 Å². The summed E-state index contributed by atoms with van der Waals surface area (Å²) in [5.74, 6) is 0.589. The van der Waals surface area contributed by atoms with Gasteiger partial charge in [-0.15, -0.1) is 5.10 Å². The van der Waals surface area contributed by atoms with Crippen LogP contribution in [-0.4, -0.2) is 30.5 Å². The highest BCUT2D eigenvalue weighted by Crippen LogP contribution is 2.10. The molecule has 2 heterocycles. The maximum Gasteiger partial charge on any atom is 0.278 e. The molecule has 4 aromatic rings. The van der Waals surface area contributed by atoms with Crippen molar-refractivity contribution >= 4 is 11.9 Å². The molecule has 8 nitrogen and oxygen atoms in total. The number of rotatable bonds is 7. The van der Waals surface area contributed by atoms with Crippen molar-refractivity contribution in [1.82, 2.24) is 24.5 Å². The highest BCUT2D eigenvalue weighted by atomic mass is 16.5. The minimum atomic E-state index is -0.378. The summed E-state index contributed by atoms with van der Waals surface area (Å²) in [4.78, 5) is 16.5. The van der Waals surface area contributed by atoms with Crippen LogP contribution in [0, 0.1) is 6.92 Å². The number of aromatic nitrogens is 5. The molecule has 0 bridgehead atoms. The van der Waals surface area contributed by atoms with E-state index in [-0.39, 0.29) is 24.3 Å². The molecule has 0 aliphatic heterocycles. The lowest BCUT2D eigenvalue weighted by Crippen LogP contribution is -2.15. The first kappa shape index (κ1) is 18.4. The molecule has 146 valence electrons. The molecular weight excluding hydrogens is 368 g/mol. The first-order chi connectivity index (χ1) is 14.2. The molecular formula is C21H20N6O2. The third-order valence-electron chi connectivity index (χ3n) is 4.21. The predicted octanol–water partition coefficient (Wildman–Crippen LogP) is 3.12. The molecule has 4 rings (SSSR count). The van der Waals surface area contributed by atoms with E-state index in [1.165, 1.54) is 5.56 Å². The van der Waals surface area contributed by atoms with Crippen molar-refractivity contribution in [3.8, 4) is 5.75 Å². The summed E-state index contributed by atoms with van der Waals surface area (Å²) in [6.07, 6.45) is 3.27. The summed E-state index contributed by atoms with van der Waals surface area (Å²) < 4.78 is 8.83. The maximum absolute atomic E-state index is 12.4. The highest BCUT2D eigenvalue weighted by molar-refractivity contribution is 6.01. The second kappa shape index (κ2) is 8.39. The Morgan fingerprint density at radius 2 is 1.79 bits per heavy atom. The zero-order valence-electron chi connectivity index (χ0n) is 15.9. The van der Waals surface area contributed by atoms with Gasteiger partial charge >= 0.3 is 0 Å². The van der Waals surface area contributed by atoms with Crippen LogP contribution in [0.1, 0.15) is 21.6 Å². The molecule has 1 amide bonds. The van der Waals surface area contributed by atoms with Crippen LogP contribution in [0.5, 0.6) is 5.75 Å². The fourth-order valence-corrected chi connectivity index (χ4v) is 2.69.